The van der Waals surface area contributed by atoms with E-state index >= 15 is 0 Å². The van der Waals surface area contributed by atoms with E-state index < -0.39 is 10.8 Å². The summed E-state index contributed by atoms with van der Waals surface area (Å²) in [4.78, 5) is 33.7. The smallest absolute Gasteiger partial charge is 0.270 e. The maximum atomic E-state index is 12.2. The summed E-state index contributed by atoms with van der Waals surface area (Å²) in [6.45, 7) is 1.34. The van der Waals surface area contributed by atoms with Crippen LogP contribution < -0.4 is 5.32 Å². The van der Waals surface area contributed by atoms with Crippen molar-refractivity contribution < 1.29 is 19.6 Å². The Balaban J connectivity index is 2.36. The van der Waals surface area contributed by atoms with Gasteiger partial charge in [-0.25, -0.2) is 0 Å². The number of nitrogens with zero attached hydrogens (tertiary/aromatic N) is 1. The van der Waals surface area contributed by atoms with Gasteiger partial charge in [0.1, 0.15) is 5.75 Å². The summed E-state index contributed by atoms with van der Waals surface area (Å²) in [6, 6.07) is 7.42. The monoisotopic (exact) mass is 334 g/mol. The number of nitro groups is 1. The largest absolute Gasteiger partial charge is 0.506 e. The van der Waals surface area contributed by atoms with Crippen molar-refractivity contribution in [2.45, 2.75) is 6.92 Å². The van der Waals surface area contributed by atoms with E-state index in [1.165, 1.54) is 37.3 Å². The van der Waals surface area contributed by atoms with Gasteiger partial charge in [0.2, 0.25) is 0 Å². The first-order valence-corrected chi connectivity index (χ1v) is 6.76. The zero-order valence-corrected chi connectivity index (χ0v) is 12.6. The third-order valence-electron chi connectivity index (χ3n) is 3.06. The fraction of sp³-hybridized carbons (Fsp3) is 0.0667. The Hall–Kier alpha value is -2.93. The summed E-state index contributed by atoms with van der Waals surface area (Å²) >= 11 is 5.88. The number of hydrogen-bond acceptors (Lipinski definition) is 5. The minimum Gasteiger partial charge on any atom is -0.506 e. The number of halogens is 1. The van der Waals surface area contributed by atoms with Crippen molar-refractivity contribution in [3.63, 3.8) is 0 Å². The van der Waals surface area contributed by atoms with Crippen molar-refractivity contribution in [2.75, 3.05) is 5.32 Å². The lowest BCUT2D eigenvalue weighted by Gasteiger charge is -2.09. The minimum absolute atomic E-state index is 0.00488. The number of nitro benzene ring substituents is 1. The van der Waals surface area contributed by atoms with Gasteiger partial charge in [-0.1, -0.05) is 11.6 Å². The second-order valence-electron chi connectivity index (χ2n) is 4.66. The predicted octanol–water partition coefficient (Wildman–Crippen LogP) is 3.41. The number of phenolic OH excluding ortho intramolecular Hbond substituents is 1. The van der Waals surface area contributed by atoms with E-state index in [-0.39, 0.29) is 33.5 Å². The zero-order chi connectivity index (χ0) is 17.1. The Morgan fingerprint density at radius 2 is 1.91 bits per heavy atom. The lowest BCUT2D eigenvalue weighted by atomic mass is 10.1. The summed E-state index contributed by atoms with van der Waals surface area (Å²) in [7, 11) is 0. The molecule has 0 saturated carbocycles. The molecule has 2 rings (SSSR count). The van der Waals surface area contributed by atoms with Crippen molar-refractivity contribution in [3.8, 4) is 5.75 Å². The number of carbonyl (C=O) groups excluding carboxylic acids is 2. The Labute approximate surface area is 135 Å². The number of aromatic hydroxyl groups is 1. The van der Waals surface area contributed by atoms with Gasteiger partial charge in [-0.05, 0) is 31.2 Å². The molecule has 118 valence electrons. The molecular formula is C15H11ClN2O5. The average Bonchev–Trinajstić information content (AvgIpc) is 2.49. The van der Waals surface area contributed by atoms with E-state index in [9.17, 15) is 24.8 Å². The van der Waals surface area contributed by atoms with E-state index in [0.29, 0.717) is 5.56 Å². The molecule has 0 unspecified atom stereocenters. The number of nitrogens with one attached hydrogen (secondary N) is 1. The van der Waals surface area contributed by atoms with Crippen molar-refractivity contribution in [1.82, 2.24) is 0 Å². The molecule has 0 aromatic heterocycles. The Kier molecular flexibility index (Phi) is 4.61. The molecule has 2 N–H and O–H groups in total. The van der Waals surface area contributed by atoms with Crippen LogP contribution in [0.2, 0.25) is 5.02 Å². The first-order chi connectivity index (χ1) is 10.8. The summed E-state index contributed by atoms with van der Waals surface area (Å²) in [5.41, 5.74) is -0.108. The highest BCUT2D eigenvalue weighted by molar-refractivity contribution is 6.34. The van der Waals surface area contributed by atoms with Gasteiger partial charge in [-0.3, -0.25) is 19.7 Å². The SMILES string of the molecule is CC(=O)c1ccc(O)c(NC(=O)c2cc([N+](=O)[O-])ccc2Cl)c1. The van der Waals surface area contributed by atoms with Gasteiger partial charge >= 0.3 is 0 Å². The van der Waals surface area contributed by atoms with Crippen LogP contribution >= 0.6 is 11.6 Å². The molecule has 2 aromatic rings. The third kappa shape index (κ3) is 3.64. The lowest BCUT2D eigenvalue weighted by molar-refractivity contribution is -0.384. The molecule has 0 bridgehead atoms. The molecule has 0 atom stereocenters. The molecule has 7 nitrogen and oxygen atoms in total. The molecule has 8 heteroatoms. The molecule has 0 saturated heterocycles. The van der Waals surface area contributed by atoms with E-state index in [1.54, 1.807) is 0 Å². The number of hydrogen-bond donors (Lipinski definition) is 2. The number of amides is 1. The Morgan fingerprint density at radius 1 is 1.22 bits per heavy atom. The van der Waals surface area contributed by atoms with Crippen molar-refractivity contribution >= 4 is 34.7 Å². The summed E-state index contributed by atoms with van der Waals surface area (Å²) in [5, 5.41) is 22.9. The second kappa shape index (κ2) is 6.45. The van der Waals surface area contributed by atoms with Crippen LogP contribution in [0.1, 0.15) is 27.6 Å². The van der Waals surface area contributed by atoms with Gasteiger partial charge in [0.05, 0.1) is 21.2 Å². The molecule has 0 heterocycles. The number of Topliss-reactive ketones (excluding diaryl/α,β-unsaturated/α-hetero) is 1. The van der Waals surface area contributed by atoms with Crippen LogP contribution in [0.3, 0.4) is 0 Å². The predicted molar refractivity (Wildman–Crippen MR) is 84.2 cm³/mol. The van der Waals surface area contributed by atoms with Crippen molar-refractivity contribution in [3.05, 3.63) is 62.7 Å². The average molecular weight is 335 g/mol. The number of non-ortho nitro benzene ring substituents is 1. The number of rotatable bonds is 4. The van der Waals surface area contributed by atoms with Crippen LogP contribution in [0.15, 0.2) is 36.4 Å². The van der Waals surface area contributed by atoms with Crippen LogP contribution in [0.25, 0.3) is 0 Å². The Bertz CT molecular complexity index is 820. The zero-order valence-electron chi connectivity index (χ0n) is 11.9. The van der Waals surface area contributed by atoms with Crippen LogP contribution in [0.5, 0.6) is 5.75 Å². The summed E-state index contributed by atoms with van der Waals surface area (Å²) in [6.07, 6.45) is 0. The number of benzene rings is 2. The van der Waals surface area contributed by atoms with Crippen molar-refractivity contribution in [2.24, 2.45) is 0 Å². The molecular weight excluding hydrogens is 324 g/mol. The van der Waals surface area contributed by atoms with E-state index in [1.807, 2.05) is 0 Å². The van der Waals surface area contributed by atoms with Gasteiger partial charge in [0.25, 0.3) is 11.6 Å². The standard InChI is InChI=1S/C15H11ClN2O5/c1-8(19)9-2-5-14(20)13(6-9)17-15(21)11-7-10(18(22)23)3-4-12(11)16/h2-7,20H,1H3,(H,17,21). The molecule has 0 aliphatic rings. The van der Waals surface area contributed by atoms with E-state index in [4.69, 9.17) is 11.6 Å². The first-order valence-electron chi connectivity index (χ1n) is 6.39. The third-order valence-corrected chi connectivity index (χ3v) is 3.39. The Morgan fingerprint density at radius 3 is 2.52 bits per heavy atom. The van der Waals surface area contributed by atoms with Gasteiger partial charge in [-0.15, -0.1) is 0 Å². The molecule has 0 fully saturated rings. The fourth-order valence-electron chi connectivity index (χ4n) is 1.85. The molecule has 2 aromatic carbocycles. The quantitative estimate of drug-likeness (QED) is 0.385. The maximum absolute atomic E-state index is 12.2. The van der Waals surface area contributed by atoms with Gasteiger partial charge in [-0.2, -0.15) is 0 Å². The summed E-state index contributed by atoms with van der Waals surface area (Å²) < 4.78 is 0. The van der Waals surface area contributed by atoms with Gasteiger partial charge < -0.3 is 10.4 Å². The second-order valence-corrected chi connectivity index (χ2v) is 5.07. The van der Waals surface area contributed by atoms with Crippen LogP contribution in [0.4, 0.5) is 11.4 Å². The number of phenols is 1. The van der Waals surface area contributed by atoms with Crippen LogP contribution in [-0.2, 0) is 0 Å². The normalized spacial score (nSPS) is 10.2. The number of carbonyl (C=O) groups is 2. The summed E-state index contributed by atoms with van der Waals surface area (Å²) in [5.74, 6) is -1.23. The van der Waals surface area contributed by atoms with E-state index in [2.05, 4.69) is 5.32 Å². The lowest BCUT2D eigenvalue weighted by Crippen LogP contribution is -2.13. The first kappa shape index (κ1) is 16.4. The van der Waals surface area contributed by atoms with Crippen LogP contribution in [0, 0.1) is 10.1 Å². The highest BCUT2D eigenvalue weighted by Crippen LogP contribution is 2.27. The molecule has 1 amide bonds. The highest BCUT2D eigenvalue weighted by Gasteiger charge is 2.17. The molecule has 0 spiro atoms. The molecule has 23 heavy (non-hydrogen) atoms. The molecule has 0 radical (unpaired) electrons. The van der Waals surface area contributed by atoms with Crippen LogP contribution in [-0.4, -0.2) is 21.7 Å². The number of anilines is 1. The van der Waals surface area contributed by atoms with Gasteiger partial charge in [0.15, 0.2) is 5.78 Å². The van der Waals surface area contributed by atoms with Gasteiger partial charge in [0, 0.05) is 17.7 Å². The minimum atomic E-state index is -0.741. The van der Waals surface area contributed by atoms with E-state index in [0.717, 1.165) is 6.07 Å². The molecule has 0 aliphatic carbocycles. The fourth-order valence-corrected chi connectivity index (χ4v) is 2.05. The maximum Gasteiger partial charge on any atom is 0.270 e. The topological polar surface area (TPSA) is 110 Å². The molecule has 0 aliphatic heterocycles. The number of ketones is 1. The van der Waals surface area contributed by atoms with Crippen molar-refractivity contribution in [1.29, 1.82) is 0 Å². The highest BCUT2D eigenvalue weighted by atomic mass is 35.5.